The summed E-state index contributed by atoms with van der Waals surface area (Å²) in [4.78, 5) is 41.8. The Morgan fingerprint density at radius 1 is 1.24 bits per heavy atom. The Morgan fingerprint density at radius 2 is 1.93 bits per heavy atom. The van der Waals surface area contributed by atoms with E-state index in [9.17, 15) is 14.4 Å². The predicted octanol–water partition coefficient (Wildman–Crippen LogP) is 2.82. The first-order chi connectivity index (χ1) is 13.6. The maximum Gasteiger partial charge on any atom is 0.332 e. The number of hydrogen-bond donors (Lipinski definition) is 1. The number of halogens is 1. The van der Waals surface area contributed by atoms with E-state index in [1.165, 1.54) is 23.4 Å². The molecule has 29 heavy (non-hydrogen) atoms. The number of carbonyl (C=O) groups is 1. The smallest absolute Gasteiger partial charge is 0.324 e. The zero-order valence-electron chi connectivity index (χ0n) is 16.8. The molecule has 0 saturated heterocycles. The highest BCUT2D eigenvalue weighted by Crippen LogP contribution is 2.27. The minimum Gasteiger partial charge on any atom is -0.324 e. The van der Waals surface area contributed by atoms with E-state index in [-0.39, 0.29) is 17.7 Å². The van der Waals surface area contributed by atoms with E-state index in [2.05, 4.69) is 26.2 Å². The third-order valence-electron chi connectivity index (χ3n) is 4.51. The molecular formula is C19H22BrN5O3S. The lowest BCUT2D eigenvalue weighted by Crippen LogP contribution is -2.37. The molecular weight excluding hydrogens is 458 g/mol. The van der Waals surface area contributed by atoms with Crippen LogP contribution in [0.5, 0.6) is 0 Å². The van der Waals surface area contributed by atoms with Crippen molar-refractivity contribution in [1.29, 1.82) is 0 Å². The van der Waals surface area contributed by atoms with Crippen LogP contribution < -0.4 is 16.6 Å². The van der Waals surface area contributed by atoms with Crippen LogP contribution in [0.3, 0.4) is 0 Å². The highest BCUT2D eigenvalue weighted by molar-refractivity contribution is 9.10. The van der Waals surface area contributed by atoms with Crippen molar-refractivity contribution in [2.75, 3.05) is 11.1 Å². The fraction of sp³-hybridized carbons (Fsp3) is 0.368. The Morgan fingerprint density at radius 3 is 2.55 bits per heavy atom. The molecule has 10 heteroatoms. The Bertz CT molecular complexity index is 1230. The summed E-state index contributed by atoms with van der Waals surface area (Å²) in [5, 5.41) is 3.39. The van der Waals surface area contributed by atoms with Crippen LogP contribution in [0.2, 0.25) is 0 Å². The van der Waals surface area contributed by atoms with Gasteiger partial charge in [0.1, 0.15) is 0 Å². The molecule has 3 rings (SSSR count). The summed E-state index contributed by atoms with van der Waals surface area (Å²) in [5.41, 5.74) is 1.61. The summed E-state index contributed by atoms with van der Waals surface area (Å²) in [7, 11) is 3.03. The van der Waals surface area contributed by atoms with Gasteiger partial charge in [0.05, 0.1) is 11.4 Å². The number of rotatable bonds is 5. The van der Waals surface area contributed by atoms with Gasteiger partial charge in [0.25, 0.3) is 5.56 Å². The van der Waals surface area contributed by atoms with E-state index in [1.807, 2.05) is 39.0 Å². The Hall–Kier alpha value is -2.33. The number of benzene rings is 1. The summed E-state index contributed by atoms with van der Waals surface area (Å²) >= 11 is 4.68. The number of nitrogens with zero attached hydrogens (tertiary/aromatic N) is 4. The Labute approximate surface area is 180 Å². The standard InChI is InChI=1S/C19H22BrN5O3S/c1-10(2)25-15-16(23(4)19(28)24(5)17(15)27)22-18(25)29-9-14(26)21-13-7-6-11(3)8-12(13)20/h6-8,10H,9H2,1-5H3,(H,21,26). The summed E-state index contributed by atoms with van der Waals surface area (Å²) in [5.74, 6) is -0.0753. The summed E-state index contributed by atoms with van der Waals surface area (Å²) in [6, 6.07) is 5.62. The predicted molar refractivity (Wildman–Crippen MR) is 119 cm³/mol. The van der Waals surface area contributed by atoms with Gasteiger partial charge in [-0.15, -0.1) is 0 Å². The molecule has 1 amide bonds. The van der Waals surface area contributed by atoms with E-state index in [4.69, 9.17) is 0 Å². The third kappa shape index (κ3) is 4.04. The topological polar surface area (TPSA) is 90.9 Å². The van der Waals surface area contributed by atoms with E-state index < -0.39 is 11.2 Å². The van der Waals surface area contributed by atoms with Crippen LogP contribution in [0.4, 0.5) is 5.69 Å². The van der Waals surface area contributed by atoms with Crippen molar-refractivity contribution in [3.63, 3.8) is 0 Å². The lowest BCUT2D eigenvalue weighted by atomic mass is 10.2. The largest absolute Gasteiger partial charge is 0.332 e. The molecule has 0 spiro atoms. The molecule has 8 nitrogen and oxygen atoms in total. The highest BCUT2D eigenvalue weighted by atomic mass is 79.9. The van der Waals surface area contributed by atoms with Crippen LogP contribution in [-0.2, 0) is 18.9 Å². The second kappa shape index (κ2) is 8.19. The van der Waals surface area contributed by atoms with Gasteiger partial charge >= 0.3 is 5.69 Å². The molecule has 3 aromatic rings. The zero-order valence-corrected chi connectivity index (χ0v) is 19.2. The minimum atomic E-state index is -0.436. The van der Waals surface area contributed by atoms with Gasteiger partial charge < -0.3 is 9.88 Å². The van der Waals surface area contributed by atoms with E-state index in [0.717, 1.165) is 14.6 Å². The maximum absolute atomic E-state index is 12.7. The van der Waals surface area contributed by atoms with Crippen molar-refractivity contribution in [1.82, 2.24) is 18.7 Å². The maximum atomic E-state index is 12.7. The summed E-state index contributed by atoms with van der Waals surface area (Å²) in [6.07, 6.45) is 0. The summed E-state index contributed by atoms with van der Waals surface area (Å²) in [6.45, 7) is 5.83. The highest BCUT2D eigenvalue weighted by Gasteiger charge is 2.21. The van der Waals surface area contributed by atoms with Gasteiger partial charge in [-0.05, 0) is 54.4 Å². The van der Waals surface area contributed by atoms with Crippen LogP contribution in [0.1, 0.15) is 25.5 Å². The minimum absolute atomic E-state index is 0.0676. The molecule has 2 aromatic heterocycles. The molecule has 0 fully saturated rings. The molecule has 1 N–H and O–H groups in total. The number of carbonyl (C=O) groups excluding carboxylic acids is 1. The lowest BCUT2D eigenvalue weighted by molar-refractivity contribution is -0.113. The molecule has 1 aromatic carbocycles. The normalized spacial score (nSPS) is 11.4. The fourth-order valence-electron chi connectivity index (χ4n) is 3.01. The van der Waals surface area contributed by atoms with Gasteiger partial charge in [-0.3, -0.25) is 18.7 Å². The summed E-state index contributed by atoms with van der Waals surface area (Å²) < 4.78 is 5.00. The molecule has 0 atom stereocenters. The van der Waals surface area contributed by atoms with Crippen LogP contribution in [-0.4, -0.2) is 30.3 Å². The van der Waals surface area contributed by atoms with Crippen molar-refractivity contribution in [2.45, 2.75) is 32.0 Å². The molecule has 0 radical (unpaired) electrons. The van der Waals surface area contributed by atoms with Crippen molar-refractivity contribution in [3.05, 3.63) is 49.1 Å². The Balaban J connectivity index is 1.92. The molecule has 2 heterocycles. The first-order valence-electron chi connectivity index (χ1n) is 8.98. The monoisotopic (exact) mass is 479 g/mol. The quantitative estimate of drug-likeness (QED) is 0.568. The van der Waals surface area contributed by atoms with Crippen molar-refractivity contribution < 1.29 is 4.79 Å². The lowest BCUT2D eigenvalue weighted by Gasteiger charge is -2.13. The number of aryl methyl sites for hydroxylation is 2. The third-order valence-corrected chi connectivity index (χ3v) is 6.12. The fourth-order valence-corrected chi connectivity index (χ4v) is 4.53. The number of amides is 1. The van der Waals surface area contributed by atoms with Gasteiger partial charge in [-0.1, -0.05) is 17.8 Å². The van der Waals surface area contributed by atoms with Crippen LogP contribution in [0, 0.1) is 6.92 Å². The molecule has 0 unspecified atom stereocenters. The number of imidazole rings is 1. The van der Waals surface area contributed by atoms with Gasteiger partial charge in [-0.25, -0.2) is 9.78 Å². The molecule has 0 aliphatic rings. The van der Waals surface area contributed by atoms with Crippen LogP contribution in [0.25, 0.3) is 11.2 Å². The number of nitrogens with one attached hydrogen (secondary N) is 1. The SMILES string of the molecule is Cc1ccc(NC(=O)CSc2nc3c(c(=O)n(C)c(=O)n3C)n2C(C)C)c(Br)c1. The second-order valence-electron chi connectivity index (χ2n) is 7.06. The van der Waals surface area contributed by atoms with Crippen LogP contribution >= 0.6 is 27.7 Å². The van der Waals surface area contributed by atoms with Crippen LogP contribution in [0.15, 0.2) is 37.4 Å². The van der Waals surface area contributed by atoms with Crippen molar-refractivity contribution >= 4 is 50.5 Å². The average molecular weight is 480 g/mol. The zero-order chi connectivity index (χ0) is 21.5. The van der Waals surface area contributed by atoms with E-state index in [1.54, 1.807) is 11.6 Å². The van der Waals surface area contributed by atoms with Gasteiger partial charge in [0.2, 0.25) is 5.91 Å². The average Bonchev–Trinajstić information content (AvgIpc) is 3.05. The first kappa shape index (κ1) is 21.4. The Kier molecular flexibility index (Phi) is 6.04. The first-order valence-corrected chi connectivity index (χ1v) is 10.8. The number of aromatic nitrogens is 4. The molecule has 154 valence electrons. The van der Waals surface area contributed by atoms with Gasteiger partial charge in [0, 0.05) is 24.6 Å². The second-order valence-corrected chi connectivity index (χ2v) is 8.85. The number of fused-ring (bicyclic) bond motifs is 1. The van der Waals surface area contributed by atoms with Crippen molar-refractivity contribution in [2.24, 2.45) is 14.1 Å². The van der Waals surface area contributed by atoms with Gasteiger partial charge in [-0.2, -0.15) is 0 Å². The van der Waals surface area contributed by atoms with Crippen molar-refractivity contribution in [3.8, 4) is 0 Å². The van der Waals surface area contributed by atoms with E-state index >= 15 is 0 Å². The number of hydrogen-bond acceptors (Lipinski definition) is 5. The molecule has 0 aliphatic heterocycles. The molecule has 0 saturated carbocycles. The number of anilines is 1. The van der Waals surface area contributed by atoms with E-state index in [0.29, 0.717) is 22.0 Å². The number of thioether (sulfide) groups is 1. The molecule has 0 aliphatic carbocycles. The van der Waals surface area contributed by atoms with Gasteiger partial charge in [0.15, 0.2) is 16.3 Å². The molecule has 0 bridgehead atoms.